The van der Waals surface area contributed by atoms with Crippen molar-refractivity contribution in [3.05, 3.63) is 23.8 Å². The van der Waals surface area contributed by atoms with E-state index in [1.807, 2.05) is 18.2 Å². The first-order valence-corrected chi connectivity index (χ1v) is 8.28. The summed E-state index contributed by atoms with van der Waals surface area (Å²) in [5.41, 5.74) is 0.712. The molecular weight excluding hydrogens is 294 g/mol. The molecule has 1 saturated heterocycles. The lowest BCUT2D eigenvalue weighted by molar-refractivity contribution is -0.137. The minimum atomic E-state index is -0.756. The topological polar surface area (TPSA) is 59.0 Å². The van der Waals surface area contributed by atoms with Crippen molar-refractivity contribution in [3.8, 4) is 11.5 Å². The molecule has 0 amide bonds. The summed E-state index contributed by atoms with van der Waals surface area (Å²) < 4.78 is 11.8. The van der Waals surface area contributed by atoms with E-state index in [-0.39, 0.29) is 17.9 Å². The highest BCUT2D eigenvalue weighted by Gasteiger charge is 2.48. The van der Waals surface area contributed by atoms with Crippen LogP contribution in [0.3, 0.4) is 0 Å². The lowest BCUT2D eigenvalue weighted by Crippen LogP contribution is -2.39. The number of rotatable bonds is 6. The Labute approximate surface area is 137 Å². The van der Waals surface area contributed by atoms with E-state index in [0.29, 0.717) is 5.75 Å². The van der Waals surface area contributed by atoms with E-state index in [4.69, 9.17) is 9.47 Å². The maximum atomic E-state index is 11.2. The SMILES string of the molecule is COc1cccc(C2(CC(=O)O)CC2)c1OC1CCCN(C)C1. The fraction of sp³-hybridized carbons (Fsp3) is 0.611. The number of methoxy groups -OCH3 is 1. The fourth-order valence-corrected chi connectivity index (χ4v) is 3.58. The molecule has 1 heterocycles. The molecule has 1 saturated carbocycles. The van der Waals surface area contributed by atoms with Gasteiger partial charge in [0.05, 0.1) is 13.5 Å². The third-order valence-corrected chi connectivity index (χ3v) is 4.98. The number of benzene rings is 1. The zero-order valence-electron chi connectivity index (χ0n) is 13.9. The van der Waals surface area contributed by atoms with Crippen LogP contribution in [0.4, 0.5) is 0 Å². The second-order valence-electron chi connectivity index (χ2n) is 6.83. The normalized spacial score (nSPS) is 23.3. The van der Waals surface area contributed by atoms with Gasteiger partial charge in [0.15, 0.2) is 11.5 Å². The lowest BCUT2D eigenvalue weighted by Gasteiger charge is -2.31. The molecule has 0 bridgehead atoms. The summed E-state index contributed by atoms with van der Waals surface area (Å²) in [4.78, 5) is 13.5. The molecule has 1 aromatic rings. The number of para-hydroxylation sites is 1. The molecule has 5 nitrogen and oxygen atoms in total. The molecule has 1 N–H and O–H groups in total. The average molecular weight is 319 g/mol. The summed E-state index contributed by atoms with van der Waals surface area (Å²) in [6, 6.07) is 5.82. The molecule has 2 fully saturated rings. The number of piperidine rings is 1. The number of carboxylic acid groups (broad SMARTS) is 1. The van der Waals surface area contributed by atoms with Gasteiger partial charge in [0.25, 0.3) is 0 Å². The fourth-order valence-electron chi connectivity index (χ4n) is 3.58. The third-order valence-electron chi connectivity index (χ3n) is 4.98. The van der Waals surface area contributed by atoms with Gasteiger partial charge in [-0.05, 0) is 45.3 Å². The number of carbonyl (C=O) groups is 1. The van der Waals surface area contributed by atoms with Gasteiger partial charge in [-0.15, -0.1) is 0 Å². The smallest absolute Gasteiger partial charge is 0.304 e. The molecule has 1 atom stereocenters. The van der Waals surface area contributed by atoms with Crippen LogP contribution in [0.15, 0.2) is 18.2 Å². The van der Waals surface area contributed by atoms with Gasteiger partial charge in [-0.25, -0.2) is 0 Å². The summed E-state index contributed by atoms with van der Waals surface area (Å²) in [6.45, 7) is 1.99. The highest BCUT2D eigenvalue weighted by atomic mass is 16.5. The number of likely N-dealkylation sites (tertiary alicyclic amines) is 1. The average Bonchev–Trinajstić information content (AvgIpc) is 3.27. The highest BCUT2D eigenvalue weighted by Crippen LogP contribution is 2.55. The van der Waals surface area contributed by atoms with E-state index >= 15 is 0 Å². The first-order valence-electron chi connectivity index (χ1n) is 8.28. The lowest BCUT2D eigenvalue weighted by atomic mass is 9.91. The zero-order chi connectivity index (χ0) is 16.4. The van der Waals surface area contributed by atoms with Gasteiger partial charge in [-0.3, -0.25) is 4.79 Å². The Kier molecular flexibility index (Phi) is 4.48. The predicted octanol–water partition coefficient (Wildman–Crippen LogP) is 2.67. The first kappa shape index (κ1) is 16.1. The first-order chi connectivity index (χ1) is 11.0. The molecule has 3 rings (SSSR count). The molecule has 5 heteroatoms. The van der Waals surface area contributed by atoms with Crippen molar-refractivity contribution in [2.45, 2.75) is 43.6 Å². The van der Waals surface area contributed by atoms with Crippen molar-refractivity contribution in [1.29, 1.82) is 0 Å². The standard InChI is InChI=1S/C18H25NO4/c1-19-10-4-5-13(12-19)23-17-14(6-3-7-15(17)22-2)18(8-9-18)11-16(20)21/h3,6-7,13H,4-5,8-12H2,1-2H3,(H,20,21). The van der Waals surface area contributed by atoms with Gasteiger partial charge in [0, 0.05) is 17.5 Å². The largest absolute Gasteiger partial charge is 0.493 e. The highest BCUT2D eigenvalue weighted by molar-refractivity contribution is 5.71. The molecule has 23 heavy (non-hydrogen) atoms. The van der Waals surface area contributed by atoms with Crippen LogP contribution in [0, 0.1) is 0 Å². The molecule has 126 valence electrons. The number of hydrogen-bond donors (Lipinski definition) is 1. The second kappa shape index (κ2) is 6.40. The van der Waals surface area contributed by atoms with Crippen molar-refractivity contribution >= 4 is 5.97 Å². The predicted molar refractivity (Wildman–Crippen MR) is 87.3 cm³/mol. The van der Waals surface area contributed by atoms with Crippen molar-refractivity contribution < 1.29 is 19.4 Å². The van der Waals surface area contributed by atoms with Crippen LogP contribution in [0.1, 0.15) is 37.7 Å². The summed E-state index contributed by atoms with van der Waals surface area (Å²) in [6.07, 6.45) is 4.21. The number of aliphatic carboxylic acids is 1. The molecule has 0 spiro atoms. The molecule has 2 aliphatic rings. The third kappa shape index (κ3) is 3.44. The van der Waals surface area contributed by atoms with E-state index in [0.717, 1.165) is 50.1 Å². The number of ether oxygens (including phenoxy) is 2. The van der Waals surface area contributed by atoms with E-state index < -0.39 is 5.97 Å². The van der Waals surface area contributed by atoms with Gasteiger partial charge in [0.2, 0.25) is 0 Å². The van der Waals surface area contributed by atoms with Crippen LogP contribution in [0.2, 0.25) is 0 Å². The monoisotopic (exact) mass is 319 g/mol. The van der Waals surface area contributed by atoms with E-state index in [1.54, 1.807) is 7.11 Å². The van der Waals surface area contributed by atoms with Crippen LogP contribution in [0.5, 0.6) is 11.5 Å². The Hall–Kier alpha value is -1.75. The van der Waals surface area contributed by atoms with Crippen molar-refractivity contribution in [2.75, 3.05) is 27.2 Å². The Morgan fingerprint density at radius 3 is 2.83 bits per heavy atom. The zero-order valence-corrected chi connectivity index (χ0v) is 13.9. The summed E-state index contributed by atoms with van der Waals surface area (Å²) >= 11 is 0. The Morgan fingerprint density at radius 1 is 1.43 bits per heavy atom. The van der Waals surface area contributed by atoms with Gasteiger partial charge >= 0.3 is 5.97 Å². The molecule has 1 aliphatic heterocycles. The van der Waals surface area contributed by atoms with E-state index in [2.05, 4.69) is 11.9 Å². The summed E-state index contributed by atoms with van der Waals surface area (Å²) in [5.74, 6) is 0.690. The summed E-state index contributed by atoms with van der Waals surface area (Å²) in [5, 5.41) is 9.25. The van der Waals surface area contributed by atoms with E-state index in [9.17, 15) is 9.90 Å². The quantitative estimate of drug-likeness (QED) is 0.873. The van der Waals surface area contributed by atoms with Crippen molar-refractivity contribution in [2.24, 2.45) is 0 Å². The Bertz CT molecular complexity index is 582. The Morgan fingerprint density at radius 2 is 2.22 bits per heavy atom. The molecule has 1 unspecified atom stereocenters. The number of nitrogens with zero attached hydrogens (tertiary/aromatic N) is 1. The second-order valence-corrected chi connectivity index (χ2v) is 6.83. The number of likely N-dealkylation sites (N-methyl/N-ethyl adjacent to an activating group) is 1. The minimum Gasteiger partial charge on any atom is -0.493 e. The maximum absolute atomic E-state index is 11.2. The minimum absolute atomic E-state index is 0.129. The Balaban J connectivity index is 1.89. The molecule has 1 aromatic carbocycles. The van der Waals surface area contributed by atoms with Gasteiger partial charge in [0.1, 0.15) is 6.10 Å². The van der Waals surface area contributed by atoms with Gasteiger partial charge in [-0.2, -0.15) is 0 Å². The number of hydrogen-bond acceptors (Lipinski definition) is 4. The van der Waals surface area contributed by atoms with Crippen LogP contribution < -0.4 is 9.47 Å². The van der Waals surface area contributed by atoms with Gasteiger partial charge < -0.3 is 19.5 Å². The van der Waals surface area contributed by atoms with Crippen LogP contribution in [0.25, 0.3) is 0 Å². The van der Waals surface area contributed by atoms with E-state index in [1.165, 1.54) is 0 Å². The maximum Gasteiger partial charge on any atom is 0.304 e. The number of carboxylic acids is 1. The van der Waals surface area contributed by atoms with Crippen molar-refractivity contribution in [3.63, 3.8) is 0 Å². The van der Waals surface area contributed by atoms with Crippen LogP contribution in [-0.4, -0.2) is 49.3 Å². The summed E-state index contributed by atoms with van der Waals surface area (Å²) in [7, 11) is 3.74. The molecule has 1 aliphatic carbocycles. The van der Waals surface area contributed by atoms with Crippen LogP contribution >= 0.6 is 0 Å². The van der Waals surface area contributed by atoms with Crippen molar-refractivity contribution in [1.82, 2.24) is 4.90 Å². The molecule has 0 radical (unpaired) electrons. The van der Waals surface area contributed by atoms with Crippen LogP contribution in [-0.2, 0) is 10.2 Å². The molecule has 0 aromatic heterocycles. The van der Waals surface area contributed by atoms with Gasteiger partial charge in [-0.1, -0.05) is 12.1 Å². The molecular formula is C18H25NO4.